The number of carbonyl (C=O) groups is 1. The minimum absolute atomic E-state index is 0.102. The van der Waals surface area contributed by atoms with Crippen molar-refractivity contribution in [3.05, 3.63) is 59.3 Å². The number of aryl methyl sites for hydroxylation is 1. The average molecular weight is 435 g/mol. The molecule has 1 amide bonds. The van der Waals surface area contributed by atoms with Crippen molar-refractivity contribution < 1.29 is 14.3 Å². The Kier molecular flexibility index (Phi) is 7.03. The minimum atomic E-state index is -0.108. The lowest BCUT2D eigenvalue weighted by Gasteiger charge is -2.25. The zero-order valence-corrected chi connectivity index (χ0v) is 19.4. The largest absolute Gasteiger partial charge is 0.497 e. The number of aromatic amines is 1. The van der Waals surface area contributed by atoms with Gasteiger partial charge in [-0.2, -0.15) is 0 Å². The summed E-state index contributed by atoms with van der Waals surface area (Å²) >= 11 is 0. The van der Waals surface area contributed by atoms with Crippen LogP contribution in [0.25, 0.3) is 10.9 Å². The zero-order valence-electron chi connectivity index (χ0n) is 19.4. The van der Waals surface area contributed by atoms with Crippen molar-refractivity contribution in [1.29, 1.82) is 0 Å². The van der Waals surface area contributed by atoms with Crippen LogP contribution in [0, 0.1) is 0 Å². The zero-order chi connectivity index (χ0) is 22.5. The van der Waals surface area contributed by atoms with Crippen LogP contribution in [-0.2, 0) is 11.2 Å². The maximum atomic E-state index is 13.2. The lowest BCUT2D eigenvalue weighted by molar-refractivity contribution is -0.122. The van der Waals surface area contributed by atoms with Gasteiger partial charge in [-0.25, -0.2) is 0 Å². The van der Waals surface area contributed by atoms with Crippen LogP contribution < -0.4 is 14.8 Å². The Balaban J connectivity index is 1.73. The molecule has 4 rings (SSSR count). The molecule has 5 heteroatoms. The average Bonchev–Trinajstić information content (AvgIpc) is 3.26. The number of nitrogens with one attached hydrogen (secondary N) is 2. The van der Waals surface area contributed by atoms with Crippen molar-refractivity contribution in [3.8, 4) is 11.5 Å². The molecule has 2 aromatic carbocycles. The van der Waals surface area contributed by atoms with E-state index in [1.54, 1.807) is 14.2 Å². The van der Waals surface area contributed by atoms with E-state index in [0.717, 1.165) is 47.4 Å². The van der Waals surface area contributed by atoms with Crippen LogP contribution in [-0.4, -0.2) is 31.2 Å². The van der Waals surface area contributed by atoms with Crippen LogP contribution in [0.3, 0.4) is 0 Å². The number of hydrogen-bond acceptors (Lipinski definition) is 3. The Hall–Kier alpha value is -2.95. The number of fused-ring (bicyclic) bond motifs is 1. The normalized spacial score (nSPS) is 15.5. The van der Waals surface area contributed by atoms with E-state index in [0.29, 0.717) is 12.5 Å². The summed E-state index contributed by atoms with van der Waals surface area (Å²) in [6.07, 6.45) is 9.23. The van der Waals surface area contributed by atoms with Gasteiger partial charge in [0.25, 0.3) is 0 Å². The molecule has 3 aromatic rings. The molecule has 5 nitrogen and oxygen atoms in total. The summed E-state index contributed by atoms with van der Waals surface area (Å²) in [6.45, 7) is 2.16. The third kappa shape index (κ3) is 4.77. The summed E-state index contributed by atoms with van der Waals surface area (Å²) in [6, 6.07) is 12.6. The van der Waals surface area contributed by atoms with Crippen molar-refractivity contribution in [2.45, 2.75) is 63.8 Å². The SMILES string of the molecule is CCc1cccc2c(C(CC(=O)NC3CCCCC3)c3cc(OC)cc(OC)c3)c[nH]c12. The first-order valence-corrected chi connectivity index (χ1v) is 11.7. The van der Waals surface area contributed by atoms with E-state index < -0.39 is 0 Å². The van der Waals surface area contributed by atoms with Crippen molar-refractivity contribution in [3.63, 3.8) is 0 Å². The molecule has 1 aliphatic carbocycles. The number of aromatic nitrogens is 1. The van der Waals surface area contributed by atoms with E-state index >= 15 is 0 Å². The fourth-order valence-electron chi connectivity index (χ4n) is 4.98. The third-order valence-electron chi connectivity index (χ3n) is 6.73. The van der Waals surface area contributed by atoms with E-state index in [1.807, 2.05) is 18.2 Å². The highest BCUT2D eigenvalue weighted by Crippen LogP contribution is 2.37. The molecule has 1 heterocycles. The number of para-hydroxylation sites is 1. The van der Waals surface area contributed by atoms with E-state index in [-0.39, 0.29) is 11.8 Å². The van der Waals surface area contributed by atoms with Gasteiger partial charge in [-0.3, -0.25) is 4.79 Å². The highest BCUT2D eigenvalue weighted by molar-refractivity contribution is 5.88. The molecule has 1 aromatic heterocycles. The molecular weight excluding hydrogens is 400 g/mol. The Bertz CT molecular complexity index is 1040. The number of amides is 1. The first kappa shape index (κ1) is 22.3. The lowest BCUT2D eigenvalue weighted by Crippen LogP contribution is -2.36. The van der Waals surface area contributed by atoms with Gasteiger partial charge in [-0.05, 0) is 48.1 Å². The van der Waals surface area contributed by atoms with Crippen LogP contribution in [0.1, 0.15) is 68.1 Å². The summed E-state index contributed by atoms with van der Waals surface area (Å²) in [5.41, 5.74) is 4.58. The standard InChI is InChI=1S/C27H34N2O3/c1-4-18-9-8-12-23-25(17-28-27(18)23)24(16-26(30)29-20-10-6-5-7-11-20)19-13-21(31-2)15-22(14-19)32-3/h8-9,12-15,17,20,24,28H,4-7,10-11,16H2,1-3H3,(H,29,30). The second-order valence-electron chi connectivity index (χ2n) is 8.74. The molecule has 1 fully saturated rings. The molecule has 170 valence electrons. The van der Waals surface area contributed by atoms with Crippen LogP contribution in [0.2, 0.25) is 0 Å². The molecule has 1 aliphatic rings. The van der Waals surface area contributed by atoms with Crippen LogP contribution in [0.4, 0.5) is 0 Å². The van der Waals surface area contributed by atoms with Crippen molar-refractivity contribution >= 4 is 16.8 Å². The first-order valence-electron chi connectivity index (χ1n) is 11.7. The molecule has 0 aliphatic heterocycles. The molecule has 1 unspecified atom stereocenters. The number of ether oxygens (including phenoxy) is 2. The van der Waals surface area contributed by atoms with Crippen molar-refractivity contribution in [1.82, 2.24) is 10.3 Å². The third-order valence-corrected chi connectivity index (χ3v) is 6.73. The van der Waals surface area contributed by atoms with Gasteiger partial charge in [0.1, 0.15) is 11.5 Å². The van der Waals surface area contributed by atoms with E-state index in [2.05, 4.69) is 41.6 Å². The molecule has 0 saturated heterocycles. The van der Waals surface area contributed by atoms with Crippen LogP contribution in [0.15, 0.2) is 42.6 Å². The monoisotopic (exact) mass is 434 g/mol. The molecular formula is C27H34N2O3. The molecule has 0 radical (unpaired) electrons. The van der Waals surface area contributed by atoms with Crippen LogP contribution >= 0.6 is 0 Å². The maximum absolute atomic E-state index is 13.2. The molecule has 0 bridgehead atoms. The second kappa shape index (κ2) is 10.1. The summed E-state index contributed by atoms with van der Waals surface area (Å²) in [7, 11) is 3.31. The van der Waals surface area contributed by atoms with Gasteiger partial charge in [0, 0.05) is 41.5 Å². The number of benzene rings is 2. The topological polar surface area (TPSA) is 63.4 Å². The van der Waals surface area contributed by atoms with E-state index in [4.69, 9.17) is 9.47 Å². The van der Waals surface area contributed by atoms with E-state index in [1.165, 1.54) is 30.2 Å². The summed E-state index contributed by atoms with van der Waals surface area (Å²) in [4.78, 5) is 16.7. The van der Waals surface area contributed by atoms with E-state index in [9.17, 15) is 4.79 Å². The molecule has 0 spiro atoms. The highest BCUT2D eigenvalue weighted by Gasteiger charge is 2.25. The quantitative estimate of drug-likeness (QED) is 0.477. The first-order chi connectivity index (χ1) is 15.6. The predicted molar refractivity (Wildman–Crippen MR) is 129 cm³/mol. The van der Waals surface area contributed by atoms with Gasteiger partial charge in [0.2, 0.25) is 5.91 Å². The van der Waals surface area contributed by atoms with Crippen molar-refractivity contribution in [2.75, 3.05) is 14.2 Å². The molecule has 1 saturated carbocycles. The Labute approximate surface area is 190 Å². The van der Waals surface area contributed by atoms with Gasteiger partial charge in [0.05, 0.1) is 14.2 Å². The fourth-order valence-corrected chi connectivity index (χ4v) is 4.98. The minimum Gasteiger partial charge on any atom is -0.497 e. The number of hydrogen-bond donors (Lipinski definition) is 2. The Morgan fingerprint density at radius 2 is 1.81 bits per heavy atom. The molecule has 2 N–H and O–H groups in total. The number of methoxy groups -OCH3 is 2. The summed E-state index contributed by atoms with van der Waals surface area (Å²) in [5, 5.41) is 4.47. The Morgan fingerprint density at radius 3 is 2.47 bits per heavy atom. The van der Waals surface area contributed by atoms with Gasteiger partial charge in [-0.1, -0.05) is 44.4 Å². The molecule has 32 heavy (non-hydrogen) atoms. The highest BCUT2D eigenvalue weighted by atomic mass is 16.5. The number of carbonyl (C=O) groups excluding carboxylic acids is 1. The lowest BCUT2D eigenvalue weighted by atomic mass is 9.87. The maximum Gasteiger partial charge on any atom is 0.221 e. The number of H-pyrrole nitrogens is 1. The fraction of sp³-hybridized carbons (Fsp3) is 0.444. The summed E-state index contributed by atoms with van der Waals surface area (Å²) < 4.78 is 11.1. The summed E-state index contributed by atoms with van der Waals surface area (Å²) in [5.74, 6) is 1.45. The Morgan fingerprint density at radius 1 is 1.09 bits per heavy atom. The second-order valence-corrected chi connectivity index (χ2v) is 8.74. The van der Waals surface area contributed by atoms with Gasteiger partial charge >= 0.3 is 0 Å². The smallest absolute Gasteiger partial charge is 0.221 e. The van der Waals surface area contributed by atoms with Crippen LogP contribution in [0.5, 0.6) is 11.5 Å². The van der Waals surface area contributed by atoms with Crippen molar-refractivity contribution in [2.24, 2.45) is 0 Å². The van der Waals surface area contributed by atoms with Gasteiger partial charge < -0.3 is 19.8 Å². The molecule has 1 atom stereocenters. The number of rotatable bonds is 8. The van der Waals surface area contributed by atoms with Gasteiger partial charge in [0.15, 0.2) is 0 Å². The predicted octanol–water partition coefficient (Wildman–Crippen LogP) is 5.72. The van der Waals surface area contributed by atoms with Gasteiger partial charge in [-0.15, -0.1) is 0 Å².